The number of fused-ring (bicyclic) bond motifs is 1. The topological polar surface area (TPSA) is 43.9 Å². The third-order valence-corrected chi connectivity index (χ3v) is 5.43. The van der Waals surface area contributed by atoms with E-state index in [1.165, 1.54) is 11.1 Å². The SMILES string of the molecule is CN(C)C(=O)CN1CCCN(C(=O)C2CCCc3ccccc32)CC1. The number of hydrogen-bond donors (Lipinski definition) is 0. The molecule has 0 aromatic heterocycles. The van der Waals surface area contributed by atoms with E-state index < -0.39 is 0 Å². The molecule has 0 saturated carbocycles. The molecule has 136 valence electrons. The first-order valence-electron chi connectivity index (χ1n) is 9.35. The molecule has 1 heterocycles. The Morgan fingerprint density at radius 3 is 2.68 bits per heavy atom. The van der Waals surface area contributed by atoms with E-state index in [9.17, 15) is 9.59 Å². The van der Waals surface area contributed by atoms with E-state index in [2.05, 4.69) is 23.1 Å². The second-order valence-corrected chi connectivity index (χ2v) is 7.39. The number of rotatable bonds is 3. The minimum atomic E-state index is 0.0138. The van der Waals surface area contributed by atoms with Crippen LogP contribution in [-0.4, -0.2) is 73.3 Å². The van der Waals surface area contributed by atoms with Crippen molar-refractivity contribution in [1.29, 1.82) is 0 Å². The predicted molar refractivity (Wildman–Crippen MR) is 98.5 cm³/mol. The Morgan fingerprint density at radius 2 is 1.88 bits per heavy atom. The standard InChI is InChI=1S/C20H29N3O2/c1-21(2)19(24)15-22-11-6-12-23(14-13-22)20(25)18-10-5-8-16-7-3-4-9-17(16)18/h3-4,7,9,18H,5-6,8,10-15H2,1-2H3. The van der Waals surface area contributed by atoms with Gasteiger partial charge in [-0.1, -0.05) is 24.3 Å². The monoisotopic (exact) mass is 343 g/mol. The normalized spacial score (nSPS) is 21.4. The van der Waals surface area contributed by atoms with Crippen molar-refractivity contribution in [3.63, 3.8) is 0 Å². The molecule has 1 aromatic carbocycles. The Kier molecular flexibility index (Phi) is 5.74. The Hall–Kier alpha value is -1.88. The third-order valence-electron chi connectivity index (χ3n) is 5.43. The van der Waals surface area contributed by atoms with E-state index in [4.69, 9.17) is 0 Å². The molecule has 1 aromatic rings. The lowest BCUT2D eigenvalue weighted by molar-refractivity contribution is -0.133. The number of carbonyl (C=O) groups excluding carboxylic acids is 2. The lowest BCUT2D eigenvalue weighted by Crippen LogP contribution is -2.41. The number of carbonyl (C=O) groups is 2. The van der Waals surface area contributed by atoms with E-state index >= 15 is 0 Å². The van der Waals surface area contributed by atoms with Gasteiger partial charge in [-0.05, 0) is 36.8 Å². The van der Waals surface area contributed by atoms with Crippen LogP contribution in [0.4, 0.5) is 0 Å². The molecular formula is C20H29N3O2. The first kappa shape index (κ1) is 17.9. The first-order chi connectivity index (χ1) is 12.1. The quantitative estimate of drug-likeness (QED) is 0.839. The van der Waals surface area contributed by atoms with Crippen LogP contribution in [0.25, 0.3) is 0 Å². The van der Waals surface area contributed by atoms with Crippen LogP contribution in [0.3, 0.4) is 0 Å². The number of nitrogens with zero attached hydrogens (tertiary/aromatic N) is 3. The Labute approximate surface area is 150 Å². The van der Waals surface area contributed by atoms with Gasteiger partial charge in [-0.2, -0.15) is 0 Å². The number of likely N-dealkylation sites (N-methyl/N-ethyl adjacent to an activating group) is 1. The lowest BCUT2D eigenvalue weighted by Gasteiger charge is -2.30. The summed E-state index contributed by atoms with van der Waals surface area (Å²) in [6.45, 7) is 3.62. The molecule has 25 heavy (non-hydrogen) atoms. The summed E-state index contributed by atoms with van der Waals surface area (Å²) in [5, 5.41) is 0. The van der Waals surface area contributed by atoms with Gasteiger partial charge in [-0.3, -0.25) is 14.5 Å². The molecular weight excluding hydrogens is 314 g/mol. The van der Waals surface area contributed by atoms with E-state index in [1.807, 2.05) is 11.0 Å². The summed E-state index contributed by atoms with van der Waals surface area (Å²) in [5.41, 5.74) is 2.56. The maximum atomic E-state index is 13.1. The highest BCUT2D eigenvalue weighted by molar-refractivity contribution is 5.84. The molecule has 0 radical (unpaired) electrons. The van der Waals surface area contributed by atoms with Gasteiger partial charge in [0, 0.05) is 40.3 Å². The zero-order valence-corrected chi connectivity index (χ0v) is 15.4. The van der Waals surface area contributed by atoms with Crippen molar-refractivity contribution in [3.05, 3.63) is 35.4 Å². The molecule has 5 nitrogen and oxygen atoms in total. The predicted octanol–water partition coefficient (Wildman–Crippen LogP) is 1.73. The molecule has 0 spiro atoms. The van der Waals surface area contributed by atoms with Gasteiger partial charge >= 0.3 is 0 Å². The fraction of sp³-hybridized carbons (Fsp3) is 0.600. The van der Waals surface area contributed by atoms with Gasteiger partial charge in [-0.15, -0.1) is 0 Å². The molecule has 0 N–H and O–H groups in total. The second kappa shape index (κ2) is 8.00. The summed E-state index contributed by atoms with van der Waals surface area (Å²) in [4.78, 5) is 30.9. The Balaban J connectivity index is 1.63. The van der Waals surface area contributed by atoms with Crippen LogP contribution in [0, 0.1) is 0 Å². The summed E-state index contributed by atoms with van der Waals surface area (Å²) in [7, 11) is 3.58. The van der Waals surface area contributed by atoms with E-state index in [0.717, 1.165) is 51.9 Å². The second-order valence-electron chi connectivity index (χ2n) is 7.39. The number of benzene rings is 1. The fourth-order valence-corrected chi connectivity index (χ4v) is 3.91. The molecule has 0 bridgehead atoms. The molecule has 1 atom stereocenters. The average molecular weight is 343 g/mol. The van der Waals surface area contributed by atoms with Gasteiger partial charge in [0.1, 0.15) is 0 Å². The molecule has 5 heteroatoms. The number of amides is 2. The first-order valence-corrected chi connectivity index (χ1v) is 9.35. The van der Waals surface area contributed by atoms with Gasteiger partial charge < -0.3 is 9.80 Å². The highest BCUT2D eigenvalue weighted by Crippen LogP contribution is 2.33. The van der Waals surface area contributed by atoms with Gasteiger partial charge in [0.05, 0.1) is 12.5 Å². The molecule has 1 aliphatic heterocycles. The molecule has 2 aliphatic rings. The van der Waals surface area contributed by atoms with Crippen molar-refractivity contribution in [2.45, 2.75) is 31.6 Å². The smallest absolute Gasteiger partial charge is 0.236 e. The van der Waals surface area contributed by atoms with Gasteiger partial charge in [-0.25, -0.2) is 0 Å². The van der Waals surface area contributed by atoms with Crippen molar-refractivity contribution in [2.24, 2.45) is 0 Å². The number of hydrogen-bond acceptors (Lipinski definition) is 3. The van der Waals surface area contributed by atoms with Gasteiger partial charge in [0.25, 0.3) is 0 Å². The van der Waals surface area contributed by atoms with Gasteiger partial charge in [0.15, 0.2) is 0 Å². The number of aryl methyl sites for hydroxylation is 1. The van der Waals surface area contributed by atoms with Crippen molar-refractivity contribution in [1.82, 2.24) is 14.7 Å². The minimum absolute atomic E-state index is 0.0138. The van der Waals surface area contributed by atoms with Crippen LogP contribution in [0.1, 0.15) is 36.3 Å². The Morgan fingerprint density at radius 1 is 1.08 bits per heavy atom. The molecule has 1 unspecified atom stereocenters. The van der Waals surface area contributed by atoms with Crippen LogP contribution in [0.5, 0.6) is 0 Å². The fourth-order valence-electron chi connectivity index (χ4n) is 3.91. The van der Waals surface area contributed by atoms with Crippen LogP contribution in [0.2, 0.25) is 0 Å². The largest absolute Gasteiger partial charge is 0.348 e. The van der Waals surface area contributed by atoms with Crippen LogP contribution < -0.4 is 0 Å². The minimum Gasteiger partial charge on any atom is -0.348 e. The highest BCUT2D eigenvalue weighted by atomic mass is 16.2. The summed E-state index contributed by atoms with van der Waals surface area (Å²) in [6.07, 6.45) is 4.06. The van der Waals surface area contributed by atoms with Crippen molar-refractivity contribution in [3.8, 4) is 0 Å². The lowest BCUT2D eigenvalue weighted by atomic mass is 9.82. The van der Waals surface area contributed by atoms with E-state index in [-0.39, 0.29) is 17.7 Å². The summed E-state index contributed by atoms with van der Waals surface area (Å²) in [6, 6.07) is 8.39. The highest BCUT2D eigenvalue weighted by Gasteiger charge is 2.30. The molecule has 3 rings (SSSR count). The summed E-state index contributed by atoms with van der Waals surface area (Å²) >= 11 is 0. The Bertz CT molecular complexity index is 629. The van der Waals surface area contributed by atoms with Crippen LogP contribution in [0.15, 0.2) is 24.3 Å². The summed E-state index contributed by atoms with van der Waals surface area (Å²) < 4.78 is 0. The van der Waals surface area contributed by atoms with Crippen molar-refractivity contribution >= 4 is 11.8 Å². The molecule has 2 amide bonds. The van der Waals surface area contributed by atoms with Crippen LogP contribution >= 0.6 is 0 Å². The maximum Gasteiger partial charge on any atom is 0.236 e. The van der Waals surface area contributed by atoms with Gasteiger partial charge in [0.2, 0.25) is 11.8 Å². The zero-order chi connectivity index (χ0) is 17.8. The third kappa shape index (κ3) is 4.21. The van der Waals surface area contributed by atoms with Crippen molar-refractivity contribution < 1.29 is 9.59 Å². The zero-order valence-electron chi connectivity index (χ0n) is 15.4. The van der Waals surface area contributed by atoms with Crippen LogP contribution in [-0.2, 0) is 16.0 Å². The molecule has 1 saturated heterocycles. The maximum absolute atomic E-state index is 13.1. The average Bonchev–Trinajstić information content (AvgIpc) is 2.86. The van der Waals surface area contributed by atoms with Crippen molar-refractivity contribution in [2.75, 3.05) is 46.8 Å². The summed E-state index contributed by atoms with van der Waals surface area (Å²) in [5.74, 6) is 0.411. The van der Waals surface area contributed by atoms with E-state index in [0.29, 0.717) is 6.54 Å². The molecule has 1 aliphatic carbocycles. The van der Waals surface area contributed by atoms with E-state index in [1.54, 1.807) is 19.0 Å². The molecule has 1 fully saturated rings.